The predicted octanol–water partition coefficient (Wildman–Crippen LogP) is 2.84. The van der Waals surface area contributed by atoms with E-state index in [2.05, 4.69) is 0 Å². The number of fused-ring (bicyclic) bond motifs is 1. The van der Waals surface area contributed by atoms with Crippen molar-refractivity contribution in [2.45, 2.75) is 26.0 Å². The van der Waals surface area contributed by atoms with Crippen molar-refractivity contribution >= 4 is 37.2 Å². The maximum atomic E-state index is 14.3. The Balaban J connectivity index is 2.03. The second kappa shape index (κ2) is 7.01. The zero-order valence-corrected chi connectivity index (χ0v) is 15.8. The molecule has 1 amide bonds. The van der Waals surface area contributed by atoms with Gasteiger partial charge in [0.2, 0.25) is 0 Å². The van der Waals surface area contributed by atoms with E-state index in [1.165, 1.54) is 24.5 Å². The summed E-state index contributed by atoms with van der Waals surface area (Å²) in [6, 6.07) is 4.42. The van der Waals surface area contributed by atoms with Crippen molar-refractivity contribution in [3.63, 3.8) is 0 Å². The van der Waals surface area contributed by atoms with Gasteiger partial charge < -0.3 is 9.64 Å². The second-order valence-corrected chi connectivity index (χ2v) is 9.38. The van der Waals surface area contributed by atoms with Gasteiger partial charge in [-0.2, -0.15) is 0 Å². The third-order valence-corrected chi connectivity index (χ3v) is 7.43. The molecule has 1 fully saturated rings. The van der Waals surface area contributed by atoms with Crippen LogP contribution < -0.4 is 0 Å². The highest BCUT2D eigenvalue weighted by atomic mass is 32.2. The van der Waals surface area contributed by atoms with E-state index in [4.69, 9.17) is 4.74 Å². The van der Waals surface area contributed by atoms with Gasteiger partial charge in [0.1, 0.15) is 5.82 Å². The Hall–Kier alpha value is -1.51. The molecule has 1 aromatic carbocycles. The van der Waals surface area contributed by atoms with Crippen LogP contribution in [0.5, 0.6) is 0 Å². The van der Waals surface area contributed by atoms with Gasteiger partial charge in [0.05, 0.1) is 23.0 Å². The molecule has 0 bridgehead atoms. The molecule has 1 unspecified atom stereocenters. The topological polar surface area (TPSA) is 63.7 Å². The fourth-order valence-electron chi connectivity index (χ4n) is 3.34. The van der Waals surface area contributed by atoms with Crippen LogP contribution in [-0.4, -0.2) is 50.4 Å². The number of sulfone groups is 1. The summed E-state index contributed by atoms with van der Waals surface area (Å²) in [7, 11) is -1.59. The van der Waals surface area contributed by atoms with E-state index in [0.29, 0.717) is 33.5 Å². The summed E-state index contributed by atoms with van der Waals surface area (Å²) in [6.45, 7) is 2.36. The highest BCUT2D eigenvalue weighted by Crippen LogP contribution is 2.35. The molecule has 5 nitrogen and oxygen atoms in total. The van der Waals surface area contributed by atoms with Gasteiger partial charge in [0, 0.05) is 35.3 Å². The maximum absolute atomic E-state index is 14.3. The molecule has 1 atom stereocenters. The van der Waals surface area contributed by atoms with Crippen molar-refractivity contribution in [2.75, 3.05) is 25.2 Å². The Morgan fingerprint density at radius 3 is 2.80 bits per heavy atom. The number of amides is 1. The summed E-state index contributed by atoms with van der Waals surface area (Å²) < 4.78 is 43.7. The lowest BCUT2D eigenvalue weighted by Crippen LogP contribution is -2.41. The number of benzene rings is 1. The van der Waals surface area contributed by atoms with E-state index in [1.54, 1.807) is 17.0 Å². The van der Waals surface area contributed by atoms with Gasteiger partial charge in [-0.15, -0.1) is 11.3 Å². The smallest absolute Gasteiger partial charge is 0.264 e. The maximum Gasteiger partial charge on any atom is 0.264 e. The standard InChI is InChI=1S/C17H20FNO4S2/c1-3-19(11-7-8-25(21,22)10-11)17(20)16-12(9-23-2)15-13(18)5-4-6-14(15)24-16/h4-6,11H,3,7-10H2,1-2H3. The molecule has 0 saturated carbocycles. The highest BCUT2D eigenvalue weighted by molar-refractivity contribution is 7.91. The van der Waals surface area contributed by atoms with Gasteiger partial charge in [0.15, 0.2) is 9.84 Å². The molecule has 8 heteroatoms. The van der Waals surface area contributed by atoms with Crippen molar-refractivity contribution in [1.82, 2.24) is 4.90 Å². The van der Waals surface area contributed by atoms with Crippen LogP contribution in [0.1, 0.15) is 28.6 Å². The molecular weight excluding hydrogens is 365 g/mol. The highest BCUT2D eigenvalue weighted by Gasteiger charge is 2.35. The van der Waals surface area contributed by atoms with E-state index in [0.717, 1.165) is 0 Å². The lowest BCUT2D eigenvalue weighted by molar-refractivity contribution is 0.0709. The number of hydrogen-bond acceptors (Lipinski definition) is 5. The molecule has 2 aromatic rings. The number of carbonyl (C=O) groups excluding carboxylic acids is 1. The largest absolute Gasteiger partial charge is 0.380 e. The Bertz CT molecular complexity index is 907. The molecule has 3 rings (SSSR count). The molecule has 0 aliphatic carbocycles. The van der Waals surface area contributed by atoms with E-state index in [-0.39, 0.29) is 35.9 Å². The number of carbonyl (C=O) groups is 1. The summed E-state index contributed by atoms with van der Waals surface area (Å²) in [5, 5.41) is 0.410. The molecular formula is C17H20FNO4S2. The van der Waals surface area contributed by atoms with Gasteiger partial charge in [-0.1, -0.05) is 6.07 Å². The monoisotopic (exact) mass is 385 g/mol. The molecule has 1 aliphatic rings. The minimum atomic E-state index is -3.09. The molecule has 0 spiro atoms. The first-order valence-corrected chi connectivity index (χ1v) is 10.7. The van der Waals surface area contributed by atoms with Crippen molar-refractivity contribution in [3.05, 3.63) is 34.5 Å². The molecule has 0 N–H and O–H groups in total. The van der Waals surface area contributed by atoms with E-state index in [9.17, 15) is 17.6 Å². The summed E-state index contributed by atoms with van der Waals surface area (Å²) in [6.07, 6.45) is 0.445. The van der Waals surface area contributed by atoms with Gasteiger partial charge in [-0.05, 0) is 25.5 Å². The lowest BCUT2D eigenvalue weighted by Gasteiger charge is -2.26. The SMILES string of the molecule is CCN(C(=O)c1sc2cccc(F)c2c1COC)C1CCS(=O)(=O)C1. The fraction of sp³-hybridized carbons (Fsp3) is 0.471. The third kappa shape index (κ3) is 3.43. The Kier molecular flexibility index (Phi) is 5.13. The lowest BCUT2D eigenvalue weighted by atomic mass is 10.1. The van der Waals surface area contributed by atoms with Crippen LogP contribution in [0.3, 0.4) is 0 Å². The van der Waals surface area contributed by atoms with Crippen molar-refractivity contribution in [2.24, 2.45) is 0 Å². The molecule has 1 aromatic heterocycles. The van der Waals surface area contributed by atoms with Crippen LogP contribution in [0.4, 0.5) is 4.39 Å². The predicted molar refractivity (Wildman–Crippen MR) is 96.3 cm³/mol. The third-order valence-electron chi connectivity index (χ3n) is 4.50. The molecule has 25 heavy (non-hydrogen) atoms. The fourth-order valence-corrected chi connectivity index (χ4v) is 6.25. The first-order chi connectivity index (χ1) is 11.9. The Morgan fingerprint density at radius 1 is 1.44 bits per heavy atom. The van der Waals surface area contributed by atoms with Gasteiger partial charge in [0.25, 0.3) is 5.91 Å². The zero-order valence-electron chi connectivity index (χ0n) is 14.1. The number of thiophene rings is 1. The summed E-state index contributed by atoms with van der Waals surface area (Å²) >= 11 is 1.23. The quantitative estimate of drug-likeness (QED) is 0.794. The van der Waals surface area contributed by atoms with Crippen molar-refractivity contribution < 1.29 is 22.3 Å². The first-order valence-electron chi connectivity index (χ1n) is 8.08. The van der Waals surface area contributed by atoms with Gasteiger partial charge in [-0.3, -0.25) is 4.79 Å². The Morgan fingerprint density at radius 2 is 2.20 bits per heavy atom. The first kappa shape index (κ1) is 18.3. The van der Waals surface area contributed by atoms with Crippen LogP contribution in [0.25, 0.3) is 10.1 Å². The number of halogens is 1. The minimum absolute atomic E-state index is 0.00848. The molecule has 0 radical (unpaired) electrons. The molecule has 1 saturated heterocycles. The zero-order chi connectivity index (χ0) is 18.2. The number of ether oxygens (including phenoxy) is 1. The normalized spacial score (nSPS) is 19.4. The molecule has 2 heterocycles. The average molecular weight is 385 g/mol. The van der Waals surface area contributed by atoms with Gasteiger partial charge >= 0.3 is 0 Å². The van der Waals surface area contributed by atoms with Crippen molar-refractivity contribution in [3.8, 4) is 0 Å². The second-order valence-electron chi connectivity index (χ2n) is 6.10. The van der Waals surface area contributed by atoms with Gasteiger partial charge in [-0.25, -0.2) is 12.8 Å². The van der Waals surface area contributed by atoms with E-state index < -0.39 is 9.84 Å². The van der Waals surface area contributed by atoms with Crippen molar-refractivity contribution in [1.29, 1.82) is 0 Å². The number of nitrogens with zero attached hydrogens (tertiary/aromatic N) is 1. The van der Waals surface area contributed by atoms with Crippen LogP contribution in [0.15, 0.2) is 18.2 Å². The van der Waals surface area contributed by atoms with Crippen LogP contribution >= 0.6 is 11.3 Å². The number of methoxy groups -OCH3 is 1. The van der Waals surface area contributed by atoms with E-state index in [1.807, 2.05) is 6.92 Å². The van der Waals surface area contributed by atoms with Crippen LogP contribution in [0, 0.1) is 5.82 Å². The molecule has 1 aliphatic heterocycles. The molecule has 136 valence electrons. The van der Waals surface area contributed by atoms with E-state index >= 15 is 0 Å². The van der Waals surface area contributed by atoms with Crippen LogP contribution in [-0.2, 0) is 21.2 Å². The number of rotatable bonds is 5. The summed E-state index contributed by atoms with van der Waals surface area (Å²) in [5.41, 5.74) is 0.532. The number of hydrogen-bond donors (Lipinski definition) is 0. The minimum Gasteiger partial charge on any atom is -0.380 e. The Labute approximate surface area is 150 Å². The van der Waals surface area contributed by atoms with Crippen LogP contribution in [0.2, 0.25) is 0 Å². The summed E-state index contributed by atoms with van der Waals surface area (Å²) in [5.74, 6) is -0.539. The summed E-state index contributed by atoms with van der Waals surface area (Å²) in [4.78, 5) is 15.1. The average Bonchev–Trinajstić information content (AvgIpc) is 3.10.